The summed E-state index contributed by atoms with van der Waals surface area (Å²) >= 11 is 0. The molecule has 0 N–H and O–H groups in total. The average Bonchev–Trinajstić information content (AvgIpc) is 3.12. The van der Waals surface area contributed by atoms with E-state index in [9.17, 15) is 4.79 Å². The minimum Gasteiger partial charge on any atom is -0.484 e. The monoisotopic (exact) mass is 259 g/mol. The van der Waals surface area contributed by atoms with Crippen molar-refractivity contribution in [2.45, 2.75) is 50.6 Å². The molecule has 0 aliphatic heterocycles. The quantitative estimate of drug-likeness (QED) is 0.813. The van der Waals surface area contributed by atoms with Crippen molar-refractivity contribution in [2.24, 2.45) is 0 Å². The number of benzene rings is 1. The third-order valence-corrected chi connectivity index (χ3v) is 4.05. The third-order valence-electron chi connectivity index (χ3n) is 4.05. The van der Waals surface area contributed by atoms with E-state index < -0.39 is 0 Å². The van der Waals surface area contributed by atoms with Gasteiger partial charge in [0.2, 0.25) is 0 Å². The van der Waals surface area contributed by atoms with E-state index in [2.05, 4.69) is 4.90 Å². The van der Waals surface area contributed by atoms with Gasteiger partial charge in [-0.2, -0.15) is 0 Å². The fraction of sp³-hybridized carbons (Fsp3) is 0.562. The second kappa shape index (κ2) is 5.64. The minimum atomic E-state index is 0.165. The molecule has 2 fully saturated rings. The van der Waals surface area contributed by atoms with Gasteiger partial charge in [0.05, 0.1) is 0 Å². The van der Waals surface area contributed by atoms with E-state index in [0.29, 0.717) is 12.1 Å². The van der Waals surface area contributed by atoms with Crippen LogP contribution in [0.25, 0.3) is 0 Å². The fourth-order valence-corrected chi connectivity index (χ4v) is 2.98. The van der Waals surface area contributed by atoms with Gasteiger partial charge in [0.1, 0.15) is 5.75 Å². The summed E-state index contributed by atoms with van der Waals surface area (Å²) in [5.41, 5.74) is 0. The maximum atomic E-state index is 12.4. The number of hydrogen-bond donors (Lipinski definition) is 0. The predicted molar refractivity (Wildman–Crippen MR) is 74.1 cm³/mol. The van der Waals surface area contributed by atoms with Gasteiger partial charge in [-0.15, -0.1) is 0 Å². The van der Waals surface area contributed by atoms with E-state index in [1.54, 1.807) is 0 Å². The van der Waals surface area contributed by atoms with Gasteiger partial charge in [0.15, 0.2) is 6.61 Å². The van der Waals surface area contributed by atoms with Crippen molar-refractivity contribution in [3.8, 4) is 5.75 Å². The standard InChI is InChI=1S/C16H21NO2/c18-16(12-19-15-8-2-1-3-9-15)17(14-10-11-14)13-6-4-5-7-13/h1-3,8-9,13-14H,4-7,10-12H2. The van der Waals surface area contributed by atoms with Crippen LogP contribution in [0, 0.1) is 0 Å². The smallest absolute Gasteiger partial charge is 0.261 e. The lowest BCUT2D eigenvalue weighted by Crippen LogP contribution is -2.43. The summed E-state index contributed by atoms with van der Waals surface area (Å²) in [6.45, 7) is 0.178. The summed E-state index contributed by atoms with van der Waals surface area (Å²) in [5, 5.41) is 0. The van der Waals surface area contributed by atoms with Gasteiger partial charge in [0.25, 0.3) is 5.91 Å². The van der Waals surface area contributed by atoms with Crippen LogP contribution in [0.5, 0.6) is 5.75 Å². The van der Waals surface area contributed by atoms with Crippen LogP contribution in [0.4, 0.5) is 0 Å². The first-order chi connectivity index (χ1) is 9.34. The zero-order chi connectivity index (χ0) is 13.1. The molecule has 0 aromatic heterocycles. The summed E-state index contributed by atoms with van der Waals surface area (Å²) in [6, 6.07) is 10.6. The Bertz CT molecular complexity index is 422. The van der Waals surface area contributed by atoms with E-state index in [-0.39, 0.29) is 12.5 Å². The molecule has 0 saturated heterocycles. The topological polar surface area (TPSA) is 29.5 Å². The van der Waals surface area contributed by atoms with Crippen LogP contribution in [-0.2, 0) is 4.79 Å². The lowest BCUT2D eigenvalue weighted by molar-refractivity contribution is -0.136. The number of amides is 1. The molecule has 1 aromatic rings. The third kappa shape index (κ3) is 3.09. The molecule has 0 bridgehead atoms. The van der Waals surface area contributed by atoms with Crippen molar-refractivity contribution < 1.29 is 9.53 Å². The Morgan fingerprint density at radius 2 is 1.68 bits per heavy atom. The summed E-state index contributed by atoms with van der Waals surface area (Å²) in [4.78, 5) is 14.5. The van der Waals surface area contributed by atoms with Crippen LogP contribution in [0.2, 0.25) is 0 Å². The first kappa shape index (κ1) is 12.5. The molecule has 2 aliphatic carbocycles. The van der Waals surface area contributed by atoms with Crippen LogP contribution in [0.1, 0.15) is 38.5 Å². The van der Waals surface area contributed by atoms with Crippen molar-refractivity contribution in [2.75, 3.05) is 6.61 Å². The van der Waals surface area contributed by atoms with Gasteiger partial charge in [-0.05, 0) is 37.8 Å². The highest BCUT2D eigenvalue weighted by Crippen LogP contribution is 2.34. The van der Waals surface area contributed by atoms with E-state index in [1.807, 2.05) is 30.3 Å². The maximum absolute atomic E-state index is 12.4. The molecule has 1 aromatic carbocycles. The Balaban J connectivity index is 1.58. The number of hydrogen-bond acceptors (Lipinski definition) is 2. The highest BCUT2D eigenvalue weighted by atomic mass is 16.5. The molecular weight excluding hydrogens is 238 g/mol. The molecule has 102 valence electrons. The van der Waals surface area contributed by atoms with E-state index in [4.69, 9.17) is 4.74 Å². The Morgan fingerprint density at radius 1 is 1.05 bits per heavy atom. The van der Waals surface area contributed by atoms with Crippen LogP contribution >= 0.6 is 0 Å². The summed E-state index contributed by atoms with van der Waals surface area (Å²) in [7, 11) is 0. The average molecular weight is 259 g/mol. The van der Waals surface area contributed by atoms with Crippen LogP contribution in [0.15, 0.2) is 30.3 Å². The second-order valence-corrected chi connectivity index (χ2v) is 5.57. The molecule has 19 heavy (non-hydrogen) atoms. The number of carbonyl (C=O) groups is 1. The summed E-state index contributed by atoms with van der Waals surface area (Å²) in [5.74, 6) is 0.941. The van der Waals surface area contributed by atoms with Crippen LogP contribution in [0.3, 0.4) is 0 Å². The van der Waals surface area contributed by atoms with Crippen molar-refractivity contribution in [1.29, 1.82) is 0 Å². The van der Waals surface area contributed by atoms with E-state index in [1.165, 1.54) is 38.5 Å². The van der Waals surface area contributed by atoms with Crippen molar-refractivity contribution in [3.05, 3.63) is 30.3 Å². The first-order valence-corrected chi connectivity index (χ1v) is 7.33. The number of para-hydroxylation sites is 1. The molecule has 0 heterocycles. The number of ether oxygens (including phenoxy) is 1. The van der Waals surface area contributed by atoms with Crippen LogP contribution < -0.4 is 4.74 Å². The SMILES string of the molecule is O=C(COc1ccccc1)N(C1CCCC1)C1CC1. The molecule has 2 saturated carbocycles. The number of nitrogens with zero attached hydrogens (tertiary/aromatic N) is 1. The largest absolute Gasteiger partial charge is 0.484 e. The van der Waals surface area contributed by atoms with Gasteiger partial charge in [-0.3, -0.25) is 4.79 Å². The van der Waals surface area contributed by atoms with Crippen molar-refractivity contribution in [3.63, 3.8) is 0 Å². The minimum absolute atomic E-state index is 0.165. The molecule has 0 unspecified atom stereocenters. The Kier molecular flexibility index (Phi) is 3.72. The van der Waals surface area contributed by atoms with E-state index in [0.717, 1.165) is 5.75 Å². The highest BCUT2D eigenvalue weighted by Gasteiger charge is 2.38. The second-order valence-electron chi connectivity index (χ2n) is 5.57. The molecule has 3 rings (SSSR count). The van der Waals surface area contributed by atoms with Gasteiger partial charge in [-0.1, -0.05) is 31.0 Å². The van der Waals surface area contributed by atoms with Gasteiger partial charge in [0, 0.05) is 12.1 Å². The summed E-state index contributed by atoms with van der Waals surface area (Å²) in [6.07, 6.45) is 7.23. The van der Waals surface area contributed by atoms with Gasteiger partial charge >= 0.3 is 0 Å². The maximum Gasteiger partial charge on any atom is 0.261 e. The normalized spacial score (nSPS) is 19.4. The molecule has 3 nitrogen and oxygen atoms in total. The fourth-order valence-electron chi connectivity index (χ4n) is 2.98. The lowest BCUT2D eigenvalue weighted by Gasteiger charge is -2.29. The van der Waals surface area contributed by atoms with Crippen molar-refractivity contribution >= 4 is 5.91 Å². The molecule has 0 spiro atoms. The zero-order valence-electron chi connectivity index (χ0n) is 11.3. The molecule has 2 aliphatic rings. The Labute approximate surface area is 114 Å². The van der Waals surface area contributed by atoms with Gasteiger partial charge < -0.3 is 9.64 Å². The molecule has 3 heteroatoms. The molecule has 0 atom stereocenters. The van der Waals surface area contributed by atoms with Crippen LogP contribution in [-0.4, -0.2) is 29.5 Å². The zero-order valence-corrected chi connectivity index (χ0v) is 11.3. The molecular formula is C16H21NO2. The molecule has 0 radical (unpaired) electrons. The Morgan fingerprint density at radius 3 is 2.32 bits per heavy atom. The highest BCUT2D eigenvalue weighted by molar-refractivity contribution is 5.78. The number of rotatable bonds is 5. The lowest BCUT2D eigenvalue weighted by atomic mass is 10.2. The van der Waals surface area contributed by atoms with E-state index >= 15 is 0 Å². The first-order valence-electron chi connectivity index (χ1n) is 7.33. The van der Waals surface area contributed by atoms with Gasteiger partial charge in [-0.25, -0.2) is 0 Å². The van der Waals surface area contributed by atoms with Crippen molar-refractivity contribution in [1.82, 2.24) is 4.90 Å². The molecule has 1 amide bonds. The number of carbonyl (C=O) groups excluding carboxylic acids is 1. The summed E-state index contributed by atoms with van der Waals surface area (Å²) < 4.78 is 5.60. The predicted octanol–water partition coefficient (Wildman–Crippen LogP) is 3.00. The Hall–Kier alpha value is -1.51.